The minimum atomic E-state index is -1.10. The van der Waals surface area contributed by atoms with E-state index in [-0.39, 0.29) is 12.3 Å². The first-order valence-corrected chi connectivity index (χ1v) is 5.39. The lowest BCUT2D eigenvalue weighted by molar-refractivity contribution is 0.226. The van der Waals surface area contributed by atoms with E-state index in [0.717, 1.165) is 12.0 Å². The SMILES string of the molecule is C=C/C=C/C[C@@H](C)C1=C[C@@H](F)CC(F)C1. The summed E-state index contributed by atoms with van der Waals surface area (Å²) in [5, 5.41) is 0. The van der Waals surface area contributed by atoms with Gasteiger partial charge in [0.1, 0.15) is 12.3 Å². The highest BCUT2D eigenvalue weighted by Crippen LogP contribution is 2.29. The lowest BCUT2D eigenvalue weighted by Crippen LogP contribution is -2.18. The Morgan fingerprint density at radius 3 is 2.93 bits per heavy atom. The minimum absolute atomic E-state index is 0.0265. The van der Waals surface area contributed by atoms with E-state index in [0.29, 0.717) is 6.42 Å². The van der Waals surface area contributed by atoms with Gasteiger partial charge in [-0.3, -0.25) is 0 Å². The van der Waals surface area contributed by atoms with E-state index in [2.05, 4.69) is 6.58 Å². The van der Waals surface area contributed by atoms with Gasteiger partial charge >= 0.3 is 0 Å². The number of allylic oxidation sites excluding steroid dienone is 5. The molecule has 0 saturated carbocycles. The predicted octanol–water partition coefficient (Wildman–Crippen LogP) is 4.15. The van der Waals surface area contributed by atoms with Gasteiger partial charge in [0.15, 0.2) is 0 Å². The predicted molar refractivity (Wildman–Crippen MR) is 60.2 cm³/mol. The number of rotatable bonds is 4. The first kappa shape index (κ1) is 12.2. The van der Waals surface area contributed by atoms with Crippen molar-refractivity contribution in [3.63, 3.8) is 0 Å². The monoisotopic (exact) mass is 212 g/mol. The molecule has 0 nitrogen and oxygen atoms in total. The third-order valence-corrected chi connectivity index (χ3v) is 2.73. The maximum Gasteiger partial charge on any atom is 0.121 e. The van der Waals surface area contributed by atoms with Gasteiger partial charge in [0.05, 0.1) is 0 Å². The van der Waals surface area contributed by atoms with E-state index in [1.807, 2.05) is 19.1 Å². The molecule has 0 radical (unpaired) electrons. The van der Waals surface area contributed by atoms with Crippen LogP contribution < -0.4 is 0 Å². The Hall–Kier alpha value is -0.920. The normalized spacial score (nSPS) is 28.9. The Balaban J connectivity index is 2.54. The first-order chi connectivity index (χ1) is 7.13. The zero-order valence-corrected chi connectivity index (χ0v) is 9.13. The Bertz CT molecular complexity index is 266. The van der Waals surface area contributed by atoms with E-state index in [4.69, 9.17) is 0 Å². The van der Waals surface area contributed by atoms with Crippen molar-refractivity contribution in [3.8, 4) is 0 Å². The zero-order chi connectivity index (χ0) is 11.3. The van der Waals surface area contributed by atoms with E-state index < -0.39 is 12.3 Å². The topological polar surface area (TPSA) is 0 Å². The number of hydrogen-bond donors (Lipinski definition) is 0. The van der Waals surface area contributed by atoms with E-state index in [1.165, 1.54) is 0 Å². The van der Waals surface area contributed by atoms with Crippen LogP contribution in [0.1, 0.15) is 26.2 Å². The van der Waals surface area contributed by atoms with Crippen LogP contribution in [-0.2, 0) is 0 Å². The molecule has 84 valence electrons. The van der Waals surface area contributed by atoms with Crippen LogP contribution in [0.5, 0.6) is 0 Å². The highest BCUT2D eigenvalue weighted by atomic mass is 19.1. The van der Waals surface area contributed by atoms with Gasteiger partial charge in [0.2, 0.25) is 0 Å². The molecule has 0 heterocycles. The van der Waals surface area contributed by atoms with Gasteiger partial charge in [0.25, 0.3) is 0 Å². The second kappa shape index (κ2) is 5.84. The van der Waals surface area contributed by atoms with Crippen LogP contribution in [0.4, 0.5) is 8.78 Å². The lowest BCUT2D eigenvalue weighted by Gasteiger charge is -2.23. The van der Waals surface area contributed by atoms with Crippen LogP contribution in [-0.4, -0.2) is 12.3 Å². The zero-order valence-electron chi connectivity index (χ0n) is 9.13. The van der Waals surface area contributed by atoms with Gasteiger partial charge in [-0.25, -0.2) is 8.78 Å². The van der Waals surface area contributed by atoms with Gasteiger partial charge in [-0.05, 0) is 12.3 Å². The standard InChI is InChI=1S/C13H18F2/c1-3-4-5-6-10(2)11-7-12(14)9-13(15)8-11/h3-5,7,10,12-13H,1,6,8-9H2,2H3/b5-4+/t10-,12-,13?/m1/s1. The molecule has 1 unspecified atom stereocenters. The summed E-state index contributed by atoms with van der Waals surface area (Å²) < 4.78 is 26.2. The number of hydrogen-bond acceptors (Lipinski definition) is 0. The van der Waals surface area contributed by atoms with Gasteiger partial charge in [-0.1, -0.05) is 43.4 Å². The van der Waals surface area contributed by atoms with Crippen molar-refractivity contribution in [2.45, 2.75) is 38.5 Å². The molecule has 15 heavy (non-hydrogen) atoms. The minimum Gasteiger partial charge on any atom is -0.247 e. The van der Waals surface area contributed by atoms with Crippen molar-refractivity contribution in [2.75, 3.05) is 0 Å². The summed E-state index contributed by atoms with van der Waals surface area (Å²) in [5.74, 6) is 0.220. The highest BCUT2D eigenvalue weighted by Gasteiger charge is 2.23. The van der Waals surface area contributed by atoms with Crippen molar-refractivity contribution in [1.82, 2.24) is 0 Å². The van der Waals surface area contributed by atoms with Crippen LogP contribution in [0.25, 0.3) is 0 Å². The second-order valence-corrected chi connectivity index (χ2v) is 4.10. The molecule has 0 spiro atoms. The molecule has 1 rings (SSSR count). The average Bonchev–Trinajstić information content (AvgIpc) is 2.16. The maximum atomic E-state index is 13.1. The van der Waals surface area contributed by atoms with Crippen molar-refractivity contribution in [2.24, 2.45) is 5.92 Å². The molecule has 3 atom stereocenters. The highest BCUT2D eigenvalue weighted by molar-refractivity contribution is 5.15. The molecule has 0 saturated heterocycles. The largest absolute Gasteiger partial charge is 0.247 e. The van der Waals surface area contributed by atoms with Gasteiger partial charge in [-0.2, -0.15) is 0 Å². The lowest BCUT2D eigenvalue weighted by atomic mass is 9.87. The van der Waals surface area contributed by atoms with Crippen molar-refractivity contribution < 1.29 is 8.78 Å². The Kier molecular flexibility index (Phi) is 4.73. The van der Waals surface area contributed by atoms with Crippen molar-refractivity contribution in [1.29, 1.82) is 0 Å². The molecule has 0 bridgehead atoms. The molecule has 2 heteroatoms. The Morgan fingerprint density at radius 1 is 1.60 bits per heavy atom. The van der Waals surface area contributed by atoms with Gasteiger partial charge < -0.3 is 0 Å². The summed E-state index contributed by atoms with van der Waals surface area (Å²) in [5.41, 5.74) is 0.912. The molecule has 0 aromatic heterocycles. The second-order valence-electron chi connectivity index (χ2n) is 4.10. The fourth-order valence-electron chi connectivity index (χ4n) is 1.85. The van der Waals surface area contributed by atoms with E-state index in [1.54, 1.807) is 12.2 Å². The maximum absolute atomic E-state index is 13.1. The fraction of sp³-hybridized carbons (Fsp3) is 0.538. The molecule has 0 N–H and O–H groups in total. The molecule has 0 fully saturated rings. The van der Waals surface area contributed by atoms with Crippen LogP contribution in [0.2, 0.25) is 0 Å². The average molecular weight is 212 g/mol. The molecule has 1 aliphatic rings. The van der Waals surface area contributed by atoms with E-state index >= 15 is 0 Å². The first-order valence-electron chi connectivity index (χ1n) is 5.39. The third kappa shape index (κ3) is 3.98. The third-order valence-electron chi connectivity index (χ3n) is 2.73. The Labute approximate surface area is 90.4 Å². The molecule has 0 aromatic rings. The molecular weight excluding hydrogens is 194 g/mol. The molecule has 0 aromatic carbocycles. The van der Waals surface area contributed by atoms with Crippen LogP contribution in [0.3, 0.4) is 0 Å². The summed E-state index contributed by atoms with van der Waals surface area (Å²) in [7, 11) is 0. The van der Waals surface area contributed by atoms with Gasteiger partial charge in [-0.15, -0.1) is 0 Å². The summed E-state index contributed by atoms with van der Waals surface area (Å²) in [6.45, 7) is 5.58. The smallest absolute Gasteiger partial charge is 0.121 e. The Morgan fingerprint density at radius 2 is 2.33 bits per heavy atom. The van der Waals surface area contributed by atoms with Crippen molar-refractivity contribution >= 4 is 0 Å². The summed E-state index contributed by atoms with van der Waals surface area (Å²) in [6, 6.07) is 0. The van der Waals surface area contributed by atoms with Crippen LogP contribution in [0, 0.1) is 5.92 Å². The van der Waals surface area contributed by atoms with Crippen LogP contribution in [0.15, 0.2) is 36.5 Å². The molecule has 0 amide bonds. The molecule has 1 aliphatic carbocycles. The molecular formula is C13H18F2. The summed E-state index contributed by atoms with van der Waals surface area (Å²) in [6.07, 6.45) is 6.26. The molecule has 0 aliphatic heterocycles. The quantitative estimate of drug-likeness (QED) is 0.485. The van der Waals surface area contributed by atoms with Gasteiger partial charge in [0, 0.05) is 12.8 Å². The summed E-state index contributed by atoms with van der Waals surface area (Å²) in [4.78, 5) is 0. The summed E-state index contributed by atoms with van der Waals surface area (Å²) >= 11 is 0. The number of halogens is 2. The van der Waals surface area contributed by atoms with E-state index in [9.17, 15) is 8.78 Å². The number of alkyl halides is 2. The fourth-order valence-corrected chi connectivity index (χ4v) is 1.85. The van der Waals surface area contributed by atoms with Crippen molar-refractivity contribution in [3.05, 3.63) is 36.5 Å². The van der Waals surface area contributed by atoms with Crippen LogP contribution >= 0.6 is 0 Å².